The fourth-order valence-electron chi connectivity index (χ4n) is 8.95. The molecule has 0 aromatic heterocycles. The normalized spacial score (nSPS) is 30.0. The van der Waals surface area contributed by atoms with Gasteiger partial charge in [-0.25, -0.2) is 0 Å². The molecule has 3 aliphatic carbocycles. The molecule has 0 saturated heterocycles. The molecule has 2 fully saturated rings. The Morgan fingerprint density at radius 2 is 1.71 bits per heavy atom. The molecule has 6 atom stereocenters. The molecule has 5 rings (SSSR count). The second-order valence-corrected chi connectivity index (χ2v) is 14.4. The number of carbonyl (C=O) groups excluding carboxylic acids is 1. The topological polar surface area (TPSA) is 70.0 Å². The Hall–Kier alpha value is -2.53. The summed E-state index contributed by atoms with van der Waals surface area (Å²) in [6.45, 7) is 9.64. The van der Waals surface area contributed by atoms with Crippen LogP contribution in [-0.2, 0) is 11.2 Å². The molecule has 0 aliphatic heterocycles. The highest BCUT2D eigenvalue weighted by Crippen LogP contribution is 2.70. The van der Waals surface area contributed by atoms with Gasteiger partial charge in [-0.05, 0) is 128 Å². The summed E-state index contributed by atoms with van der Waals surface area (Å²) in [7, 11) is 1.89. The molecule has 2 saturated carbocycles. The lowest BCUT2D eigenvalue weighted by Gasteiger charge is -2.60. The quantitative estimate of drug-likeness (QED) is 0.267. The van der Waals surface area contributed by atoms with E-state index in [9.17, 15) is 15.0 Å². The zero-order valence-corrected chi connectivity index (χ0v) is 26.6. The van der Waals surface area contributed by atoms with E-state index < -0.39 is 0 Å². The molecule has 5 nitrogen and oxygen atoms in total. The van der Waals surface area contributed by atoms with Gasteiger partial charge in [0.25, 0.3) is 0 Å². The predicted molar refractivity (Wildman–Crippen MR) is 169 cm³/mol. The summed E-state index contributed by atoms with van der Waals surface area (Å²) in [6.07, 6.45) is 10.8. The number of unbranched alkanes of at least 4 members (excludes halogenated alkanes) is 4. The van der Waals surface area contributed by atoms with Crippen LogP contribution >= 0.6 is 0 Å². The van der Waals surface area contributed by atoms with Gasteiger partial charge in [-0.15, -0.1) is 0 Å². The number of amides is 1. The second kappa shape index (κ2) is 12.6. The van der Waals surface area contributed by atoms with Crippen molar-refractivity contribution < 1.29 is 19.7 Å². The van der Waals surface area contributed by atoms with Gasteiger partial charge in [-0.3, -0.25) is 4.79 Å². The fraction of sp³-hybridized carbons (Fsp3) is 0.649. The summed E-state index contributed by atoms with van der Waals surface area (Å²) in [4.78, 5) is 14.0. The Kier molecular flexibility index (Phi) is 9.27. The van der Waals surface area contributed by atoms with Gasteiger partial charge in [0.15, 0.2) is 0 Å². The zero-order chi connectivity index (χ0) is 30.1. The lowest BCUT2D eigenvalue weighted by atomic mass is 9.44. The number of nitrogens with zero attached hydrogens (tertiary/aromatic N) is 1. The van der Waals surface area contributed by atoms with Gasteiger partial charge in [0.2, 0.25) is 5.91 Å². The molecule has 3 aliphatic rings. The largest absolute Gasteiger partial charge is 0.508 e. The third-order valence-corrected chi connectivity index (χ3v) is 11.5. The summed E-state index contributed by atoms with van der Waals surface area (Å²) >= 11 is 0. The van der Waals surface area contributed by atoms with E-state index in [1.807, 2.05) is 24.1 Å². The minimum atomic E-state index is -0.242. The average Bonchev–Trinajstić information content (AvgIpc) is 3.28. The first-order valence-corrected chi connectivity index (χ1v) is 16.5. The number of aliphatic hydroxyl groups excluding tert-OH is 1. The smallest absolute Gasteiger partial charge is 0.222 e. The van der Waals surface area contributed by atoms with Crippen LogP contribution < -0.4 is 4.74 Å². The molecule has 5 heteroatoms. The van der Waals surface area contributed by atoms with E-state index in [-0.39, 0.29) is 28.9 Å². The van der Waals surface area contributed by atoms with E-state index in [1.165, 1.54) is 16.7 Å². The van der Waals surface area contributed by atoms with E-state index in [0.717, 1.165) is 70.0 Å². The van der Waals surface area contributed by atoms with Crippen LogP contribution in [0.15, 0.2) is 42.5 Å². The number of carbonyl (C=O) groups is 1. The van der Waals surface area contributed by atoms with Crippen molar-refractivity contribution in [3.63, 3.8) is 0 Å². The molecule has 230 valence electrons. The van der Waals surface area contributed by atoms with Crippen LogP contribution in [0.2, 0.25) is 0 Å². The lowest BCUT2D eigenvalue weighted by Crippen LogP contribution is -2.52. The van der Waals surface area contributed by atoms with Crippen molar-refractivity contribution in [2.45, 2.75) is 122 Å². The van der Waals surface area contributed by atoms with E-state index >= 15 is 0 Å². The number of phenols is 1. The first-order chi connectivity index (χ1) is 20.0. The van der Waals surface area contributed by atoms with E-state index in [1.54, 1.807) is 0 Å². The van der Waals surface area contributed by atoms with Gasteiger partial charge in [0, 0.05) is 19.5 Å². The third kappa shape index (κ3) is 5.96. The van der Waals surface area contributed by atoms with Gasteiger partial charge in [0.1, 0.15) is 11.5 Å². The molecule has 0 spiro atoms. The summed E-state index contributed by atoms with van der Waals surface area (Å²) in [6, 6.07) is 15.0. The van der Waals surface area contributed by atoms with Crippen molar-refractivity contribution in [2.75, 3.05) is 13.7 Å². The number of benzene rings is 2. The molecular weight excluding hydrogens is 522 g/mol. The van der Waals surface area contributed by atoms with Crippen LogP contribution in [0.3, 0.4) is 0 Å². The first-order valence-electron chi connectivity index (χ1n) is 16.5. The molecule has 2 aromatic carbocycles. The maximum atomic E-state index is 12.1. The summed E-state index contributed by atoms with van der Waals surface area (Å²) in [5.41, 5.74) is 4.06. The molecule has 0 bridgehead atoms. The molecule has 2 unspecified atom stereocenters. The van der Waals surface area contributed by atoms with Crippen molar-refractivity contribution in [1.29, 1.82) is 0 Å². The van der Waals surface area contributed by atoms with E-state index in [2.05, 4.69) is 58.0 Å². The number of aromatic hydroxyl groups is 1. The number of rotatable bonds is 11. The van der Waals surface area contributed by atoms with Crippen LogP contribution in [0.5, 0.6) is 11.5 Å². The molecular formula is C37H53NO4. The molecule has 1 amide bonds. The van der Waals surface area contributed by atoms with E-state index in [0.29, 0.717) is 36.5 Å². The van der Waals surface area contributed by atoms with Crippen LogP contribution in [0.25, 0.3) is 0 Å². The lowest BCUT2D eigenvalue weighted by molar-refractivity contribution is -0.131. The minimum absolute atomic E-state index is 0.0723. The third-order valence-electron chi connectivity index (χ3n) is 11.5. The van der Waals surface area contributed by atoms with Gasteiger partial charge < -0.3 is 19.8 Å². The van der Waals surface area contributed by atoms with Gasteiger partial charge >= 0.3 is 0 Å². The van der Waals surface area contributed by atoms with Crippen LogP contribution in [-0.4, -0.2) is 46.8 Å². The number of ether oxygens (including phenoxy) is 1. The van der Waals surface area contributed by atoms with Crippen molar-refractivity contribution in [2.24, 2.45) is 16.7 Å². The Morgan fingerprint density at radius 1 is 1.00 bits per heavy atom. The molecule has 42 heavy (non-hydrogen) atoms. The Bertz CT molecular complexity index is 1220. The number of fused-ring (bicyclic) bond motifs is 5. The average molecular weight is 576 g/mol. The summed E-state index contributed by atoms with van der Waals surface area (Å²) < 4.78 is 6.12. The standard InChI is InChI=1S/C37H53NO4/c1-25(2)38(5)34(41)11-9-7-6-8-10-22-42-29-15-12-26(13-16-29)31-24-37(4)32(18-19-33(37)40)36(3)21-20-27-23-28(39)14-17-30(27)35(31)36/h12-17,23,25,31-33,35,39-40H,6-11,18-22,24H2,1-5H3/t31-,32?,33+,35?,36+,37+/m1/s1. The molecule has 0 heterocycles. The number of hydrogen-bond donors (Lipinski definition) is 2. The van der Waals surface area contributed by atoms with Crippen molar-refractivity contribution in [3.8, 4) is 11.5 Å². The number of aryl methyl sites for hydroxylation is 1. The Balaban J connectivity index is 1.20. The van der Waals surface area contributed by atoms with Crippen LogP contribution in [0, 0.1) is 16.7 Å². The number of hydrogen-bond acceptors (Lipinski definition) is 4. The van der Waals surface area contributed by atoms with Crippen molar-refractivity contribution in [1.82, 2.24) is 4.90 Å². The maximum absolute atomic E-state index is 12.1. The summed E-state index contributed by atoms with van der Waals surface area (Å²) in [5.74, 6) is 2.71. The highest BCUT2D eigenvalue weighted by molar-refractivity contribution is 5.76. The predicted octanol–water partition coefficient (Wildman–Crippen LogP) is 7.98. The van der Waals surface area contributed by atoms with Crippen LogP contribution in [0.4, 0.5) is 0 Å². The molecule has 2 aromatic rings. The zero-order valence-electron chi connectivity index (χ0n) is 26.6. The Labute approximate surface area is 253 Å². The van der Waals surface area contributed by atoms with Crippen LogP contribution in [0.1, 0.15) is 120 Å². The van der Waals surface area contributed by atoms with Gasteiger partial charge in [0.05, 0.1) is 12.7 Å². The first kappa shape index (κ1) is 30.9. The maximum Gasteiger partial charge on any atom is 0.222 e. The van der Waals surface area contributed by atoms with Gasteiger partial charge in [-0.1, -0.05) is 51.3 Å². The van der Waals surface area contributed by atoms with Crippen molar-refractivity contribution in [3.05, 3.63) is 59.2 Å². The minimum Gasteiger partial charge on any atom is -0.508 e. The monoisotopic (exact) mass is 575 g/mol. The van der Waals surface area contributed by atoms with Gasteiger partial charge in [-0.2, -0.15) is 0 Å². The Morgan fingerprint density at radius 3 is 2.45 bits per heavy atom. The molecule has 0 radical (unpaired) electrons. The SMILES string of the molecule is CC(C)N(C)C(=O)CCCCCCCOc1ccc([C@H]2C[C@@]3(C)C(CC[C@@H]3O)[C@]3(C)CCc4cc(O)ccc4C23)cc1. The van der Waals surface area contributed by atoms with Crippen molar-refractivity contribution >= 4 is 5.91 Å². The number of aliphatic hydroxyl groups is 1. The fourth-order valence-corrected chi connectivity index (χ4v) is 8.95. The second-order valence-electron chi connectivity index (χ2n) is 14.4. The number of phenolic OH excluding ortho intramolecular Hbond substituents is 1. The summed E-state index contributed by atoms with van der Waals surface area (Å²) in [5, 5.41) is 21.4. The molecule has 2 N–H and O–H groups in total. The highest BCUT2D eigenvalue weighted by Gasteiger charge is 2.62. The highest BCUT2D eigenvalue weighted by atomic mass is 16.5. The van der Waals surface area contributed by atoms with E-state index in [4.69, 9.17) is 4.74 Å².